The van der Waals surface area contributed by atoms with Crippen LogP contribution in [0.1, 0.15) is 39.6 Å². The summed E-state index contributed by atoms with van der Waals surface area (Å²) in [7, 11) is 1.58. The monoisotopic (exact) mass is 360 g/mol. The number of hydrogen-bond donors (Lipinski definition) is 3. The largest absolute Gasteiger partial charge is 0.444 e. The van der Waals surface area contributed by atoms with Crippen molar-refractivity contribution in [3.05, 3.63) is 18.2 Å². The van der Waals surface area contributed by atoms with E-state index in [9.17, 15) is 13.6 Å². The Morgan fingerprint density at radius 3 is 2.60 bits per heavy atom. The zero-order valence-electron chi connectivity index (χ0n) is 15.0. The van der Waals surface area contributed by atoms with Gasteiger partial charge in [-0.1, -0.05) is 0 Å². The van der Waals surface area contributed by atoms with Gasteiger partial charge in [-0.2, -0.15) is 8.78 Å². The summed E-state index contributed by atoms with van der Waals surface area (Å²) >= 11 is 0. The predicted molar refractivity (Wildman–Crippen MR) is 90.5 cm³/mol. The molecule has 0 aromatic carbocycles. The first-order valence-corrected chi connectivity index (χ1v) is 7.94. The van der Waals surface area contributed by atoms with Gasteiger partial charge < -0.3 is 20.7 Å². The van der Waals surface area contributed by atoms with E-state index in [1.807, 2.05) is 0 Å². The van der Waals surface area contributed by atoms with E-state index in [2.05, 4.69) is 25.9 Å². The number of amides is 1. The molecule has 0 bridgehead atoms. The van der Waals surface area contributed by atoms with E-state index in [0.29, 0.717) is 25.5 Å². The molecule has 0 unspecified atom stereocenters. The van der Waals surface area contributed by atoms with E-state index in [0.717, 1.165) is 4.57 Å². The van der Waals surface area contributed by atoms with Crippen molar-refractivity contribution in [3.8, 4) is 0 Å². The minimum absolute atomic E-state index is 0.118. The minimum Gasteiger partial charge on any atom is -0.444 e. The highest BCUT2D eigenvalue weighted by molar-refractivity contribution is 5.79. The Bertz CT molecular complexity index is 569. The van der Waals surface area contributed by atoms with E-state index < -0.39 is 18.2 Å². The number of halogens is 2. The second-order valence-electron chi connectivity index (χ2n) is 6.16. The lowest BCUT2D eigenvalue weighted by Gasteiger charge is -2.19. The molecule has 8 nitrogen and oxygen atoms in total. The number of alkyl halides is 2. The number of carbonyl (C=O) groups excluding carboxylic acids is 1. The molecule has 1 heterocycles. The van der Waals surface area contributed by atoms with Gasteiger partial charge in [0.25, 0.3) is 0 Å². The minimum atomic E-state index is -2.63. The molecule has 0 fully saturated rings. The number of aliphatic imine (C=N–C) groups is 1. The lowest BCUT2D eigenvalue weighted by Crippen LogP contribution is -2.39. The SMILES string of the molecule is CN=C(NCCCNC(=O)OC(C)(C)C)NCc1nccn1C(F)F. The maximum absolute atomic E-state index is 12.7. The topological polar surface area (TPSA) is 92.6 Å². The molecule has 0 radical (unpaired) electrons. The molecule has 0 aliphatic heterocycles. The Hall–Kier alpha value is -2.39. The molecule has 0 aliphatic carbocycles. The number of hydrogen-bond acceptors (Lipinski definition) is 4. The first-order chi connectivity index (χ1) is 11.7. The van der Waals surface area contributed by atoms with Crippen molar-refractivity contribution in [2.24, 2.45) is 4.99 Å². The number of rotatable bonds is 7. The van der Waals surface area contributed by atoms with Crippen LogP contribution in [0.15, 0.2) is 17.4 Å². The number of alkyl carbamates (subject to hydrolysis) is 1. The molecule has 0 atom stereocenters. The molecule has 1 aromatic rings. The van der Waals surface area contributed by atoms with Crippen LogP contribution in [-0.2, 0) is 11.3 Å². The van der Waals surface area contributed by atoms with Crippen LogP contribution in [0.3, 0.4) is 0 Å². The zero-order valence-corrected chi connectivity index (χ0v) is 15.0. The molecule has 10 heteroatoms. The summed E-state index contributed by atoms with van der Waals surface area (Å²) in [6, 6.07) is 0. The van der Waals surface area contributed by atoms with Crippen molar-refractivity contribution in [1.82, 2.24) is 25.5 Å². The normalized spacial score (nSPS) is 12.2. The third-order valence-corrected chi connectivity index (χ3v) is 2.91. The number of carbonyl (C=O) groups is 1. The highest BCUT2D eigenvalue weighted by Gasteiger charge is 2.15. The van der Waals surface area contributed by atoms with Crippen LogP contribution in [0.5, 0.6) is 0 Å². The number of guanidine groups is 1. The molecule has 1 rings (SSSR count). The van der Waals surface area contributed by atoms with E-state index in [1.165, 1.54) is 12.4 Å². The smallest absolute Gasteiger partial charge is 0.407 e. The summed E-state index contributed by atoms with van der Waals surface area (Å²) < 4.78 is 31.4. The molecule has 25 heavy (non-hydrogen) atoms. The summed E-state index contributed by atoms with van der Waals surface area (Å²) in [5.74, 6) is 0.672. The lowest BCUT2D eigenvalue weighted by atomic mass is 10.2. The molecular formula is C15H26F2N6O2. The molecule has 0 aliphatic rings. The van der Waals surface area contributed by atoms with E-state index >= 15 is 0 Å². The predicted octanol–water partition coefficient (Wildman–Crippen LogP) is 1.86. The molecule has 0 saturated carbocycles. The van der Waals surface area contributed by atoms with Gasteiger partial charge in [0.1, 0.15) is 11.4 Å². The Balaban J connectivity index is 2.24. The van der Waals surface area contributed by atoms with Gasteiger partial charge in [0.2, 0.25) is 0 Å². The average molecular weight is 360 g/mol. The number of nitrogens with one attached hydrogen (secondary N) is 3. The number of nitrogens with zero attached hydrogens (tertiary/aromatic N) is 3. The van der Waals surface area contributed by atoms with Crippen molar-refractivity contribution in [2.45, 2.75) is 45.9 Å². The van der Waals surface area contributed by atoms with Gasteiger partial charge in [0.15, 0.2) is 5.96 Å². The number of aromatic nitrogens is 2. The molecule has 0 saturated heterocycles. The summed E-state index contributed by atoms with van der Waals surface area (Å²) in [4.78, 5) is 19.4. The van der Waals surface area contributed by atoms with Gasteiger partial charge in [-0.25, -0.2) is 9.78 Å². The second-order valence-corrected chi connectivity index (χ2v) is 6.16. The van der Waals surface area contributed by atoms with Gasteiger partial charge in [0, 0.05) is 32.5 Å². The van der Waals surface area contributed by atoms with Gasteiger partial charge >= 0.3 is 12.6 Å². The van der Waals surface area contributed by atoms with E-state index in [4.69, 9.17) is 4.74 Å². The van der Waals surface area contributed by atoms with Gasteiger partial charge in [-0.05, 0) is 27.2 Å². The fraction of sp³-hybridized carbons (Fsp3) is 0.667. The summed E-state index contributed by atoms with van der Waals surface area (Å²) in [5, 5.41) is 8.58. The van der Waals surface area contributed by atoms with Crippen LogP contribution in [0.25, 0.3) is 0 Å². The second kappa shape index (κ2) is 9.80. The maximum Gasteiger partial charge on any atom is 0.407 e. The molecular weight excluding hydrogens is 334 g/mol. The van der Waals surface area contributed by atoms with E-state index in [1.54, 1.807) is 27.8 Å². The van der Waals surface area contributed by atoms with Crippen molar-refractivity contribution < 1.29 is 18.3 Å². The Morgan fingerprint density at radius 1 is 1.32 bits per heavy atom. The van der Waals surface area contributed by atoms with Crippen molar-refractivity contribution >= 4 is 12.1 Å². The van der Waals surface area contributed by atoms with Gasteiger partial charge in [-0.15, -0.1) is 0 Å². The van der Waals surface area contributed by atoms with Crippen LogP contribution in [0.2, 0.25) is 0 Å². The van der Waals surface area contributed by atoms with Crippen LogP contribution < -0.4 is 16.0 Å². The van der Waals surface area contributed by atoms with Gasteiger partial charge in [0.05, 0.1) is 6.54 Å². The van der Waals surface area contributed by atoms with Gasteiger partial charge in [-0.3, -0.25) is 9.56 Å². The molecule has 142 valence electrons. The summed E-state index contributed by atoms with van der Waals surface area (Å²) in [5.41, 5.74) is -0.530. The third kappa shape index (κ3) is 8.32. The first kappa shape index (κ1) is 20.7. The third-order valence-electron chi connectivity index (χ3n) is 2.91. The number of imidazole rings is 1. The maximum atomic E-state index is 12.7. The standard InChI is InChI=1S/C15H26F2N6O2/c1-15(2,3)25-14(24)21-7-5-6-20-13(18-4)22-10-11-19-8-9-23(11)12(16)17/h8-9,12H,5-7,10H2,1-4H3,(H,21,24)(H2,18,20,22). The highest BCUT2D eigenvalue weighted by Crippen LogP contribution is 2.11. The quantitative estimate of drug-likeness (QED) is 0.392. The van der Waals surface area contributed by atoms with E-state index in [-0.39, 0.29) is 12.4 Å². The fourth-order valence-corrected chi connectivity index (χ4v) is 1.84. The molecule has 1 aromatic heterocycles. The first-order valence-electron chi connectivity index (χ1n) is 7.94. The van der Waals surface area contributed by atoms with Crippen LogP contribution in [0.4, 0.5) is 13.6 Å². The average Bonchev–Trinajstić information content (AvgIpc) is 2.97. The zero-order chi connectivity index (χ0) is 18.9. The summed E-state index contributed by atoms with van der Waals surface area (Å²) in [6.45, 7) is 3.85. The Kier molecular flexibility index (Phi) is 8.09. The lowest BCUT2D eigenvalue weighted by molar-refractivity contribution is 0.0527. The van der Waals surface area contributed by atoms with Crippen LogP contribution in [-0.4, -0.2) is 47.3 Å². The molecule has 3 N–H and O–H groups in total. The summed E-state index contributed by atoms with van der Waals surface area (Å²) in [6.07, 6.45) is 2.72. The van der Waals surface area contributed by atoms with Crippen molar-refractivity contribution in [3.63, 3.8) is 0 Å². The highest BCUT2D eigenvalue weighted by atomic mass is 19.3. The van der Waals surface area contributed by atoms with Crippen LogP contribution in [0, 0.1) is 0 Å². The Labute approximate surface area is 146 Å². The fourth-order valence-electron chi connectivity index (χ4n) is 1.84. The van der Waals surface area contributed by atoms with Crippen molar-refractivity contribution in [2.75, 3.05) is 20.1 Å². The molecule has 1 amide bonds. The van der Waals surface area contributed by atoms with Crippen LogP contribution >= 0.6 is 0 Å². The molecule has 0 spiro atoms. The number of ether oxygens (including phenoxy) is 1. The Morgan fingerprint density at radius 2 is 2.00 bits per heavy atom. The van der Waals surface area contributed by atoms with Crippen molar-refractivity contribution in [1.29, 1.82) is 0 Å².